The van der Waals surface area contributed by atoms with Crippen LogP contribution in [0.2, 0.25) is 0 Å². The maximum Gasteiger partial charge on any atom is 0.227 e. The van der Waals surface area contributed by atoms with Gasteiger partial charge in [-0.15, -0.1) is 0 Å². The molecule has 0 aliphatic carbocycles. The number of nitrogens with zero attached hydrogens (tertiary/aromatic N) is 3. The van der Waals surface area contributed by atoms with Crippen LogP contribution in [0, 0.1) is 6.92 Å². The van der Waals surface area contributed by atoms with Gasteiger partial charge in [0.05, 0.1) is 0 Å². The number of nitrogens with one attached hydrogen (secondary N) is 1. The molecule has 1 N–H and O–H groups in total. The van der Waals surface area contributed by atoms with Gasteiger partial charge in [0.25, 0.3) is 0 Å². The number of hydrogen-bond donors (Lipinski definition) is 1. The first-order valence-corrected chi connectivity index (χ1v) is 10.6. The van der Waals surface area contributed by atoms with Gasteiger partial charge in [-0.2, -0.15) is 4.98 Å². The molecule has 0 spiro atoms. The average Bonchev–Trinajstić information content (AvgIpc) is 3.42. The Labute approximate surface area is 178 Å². The molecule has 2 heterocycles. The van der Waals surface area contributed by atoms with Crippen molar-refractivity contribution in [2.45, 2.75) is 32.6 Å². The van der Waals surface area contributed by atoms with Crippen LogP contribution in [-0.4, -0.2) is 29.1 Å². The van der Waals surface area contributed by atoms with Crippen molar-refractivity contribution in [3.05, 3.63) is 58.4 Å². The summed E-state index contributed by atoms with van der Waals surface area (Å²) in [7, 11) is 0. The lowest BCUT2D eigenvalue weighted by Gasteiger charge is -2.17. The zero-order valence-electron chi connectivity index (χ0n) is 16.3. The summed E-state index contributed by atoms with van der Waals surface area (Å²) in [5.41, 5.74) is 3.99. The zero-order chi connectivity index (χ0) is 20.2. The van der Waals surface area contributed by atoms with Gasteiger partial charge in [-0.25, -0.2) is 0 Å². The highest BCUT2D eigenvalue weighted by atomic mass is 79.9. The van der Waals surface area contributed by atoms with E-state index in [2.05, 4.69) is 48.4 Å². The molecule has 1 fully saturated rings. The predicted molar refractivity (Wildman–Crippen MR) is 117 cm³/mol. The third kappa shape index (κ3) is 4.85. The van der Waals surface area contributed by atoms with E-state index in [-0.39, 0.29) is 12.3 Å². The van der Waals surface area contributed by atoms with Crippen LogP contribution in [-0.2, 0) is 11.2 Å². The van der Waals surface area contributed by atoms with E-state index in [4.69, 9.17) is 4.52 Å². The summed E-state index contributed by atoms with van der Waals surface area (Å²) in [5.74, 6) is 0.934. The molecule has 3 aromatic rings. The number of carbonyl (C=O) groups excluding carboxylic acids is 1. The molecular weight excluding hydrogens is 432 g/mol. The van der Waals surface area contributed by atoms with Crippen molar-refractivity contribution in [1.82, 2.24) is 10.1 Å². The van der Waals surface area contributed by atoms with Crippen molar-refractivity contribution in [2.24, 2.45) is 0 Å². The van der Waals surface area contributed by atoms with Gasteiger partial charge in [0.15, 0.2) is 0 Å². The van der Waals surface area contributed by atoms with E-state index in [0.29, 0.717) is 18.1 Å². The first kappa shape index (κ1) is 19.6. The Balaban J connectivity index is 1.33. The summed E-state index contributed by atoms with van der Waals surface area (Å²) >= 11 is 3.46. The van der Waals surface area contributed by atoms with E-state index in [1.54, 1.807) is 0 Å². The minimum atomic E-state index is -0.0820. The molecule has 1 amide bonds. The van der Waals surface area contributed by atoms with Crippen molar-refractivity contribution in [1.29, 1.82) is 0 Å². The minimum Gasteiger partial charge on any atom is -0.372 e. The van der Waals surface area contributed by atoms with Crippen LogP contribution in [0.1, 0.15) is 30.7 Å². The maximum atomic E-state index is 12.2. The fourth-order valence-electron chi connectivity index (χ4n) is 3.44. The van der Waals surface area contributed by atoms with Crippen molar-refractivity contribution < 1.29 is 9.32 Å². The number of halogens is 1. The van der Waals surface area contributed by atoms with E-state index < -0.39 is 0 Å². The molecular formula is C22H23BrN4O2. The average molecular weight is 455 g/mol. The Hall–Kier alpha value is -2.67. The van der Waals surface area contributed by atoms with Crippen LogP contribution in [0.4, 0.5) is 11.4 Å². The van der Waals surface area contributed by atoms with Gasteiger partial charge in [0, 0.05) is 47.3 Å². The number of aryl methyl sites for hydroxylation is 2. The second-order valence-corrected chi connectivity index (χ2v) is 8.12. The van der Waals surface area contributed by atoms with Gasteiger partial charge >= 0.3 is 0 Å². The van der Waals surface area contributed by atoms with E-state index >= 15 is 0 Å². The number of amides is 1. The zero-order valence-corrected chi connectivity index (χ0v) is 17.9. The van der Waals surface area contributed by atoms with Crippen molar-refractivity contribution in [3.63, 3.8) is 0 Å². The molecule has 1 aliphatic heterocycles. The number of benzene rings is 2. The van der Waals surface area contributed by atoms with Crippen molar-refractivity contribution >= 4 is 33.2 Å². The smallest absolute Gasteiger partial charge is 0.227 e. The Morgan fingerprint density at radius 2 is 1.93 bits per heavy atom. The molecule has 0 unspecified atom stereocenters. The fraction of sp³-hybridized carbons (Fsp3) is 0.318. The Morgan fingerprint density at radius 3 is 2.66 bits per heavy atom. The topological polar surface area (TPSA) is 71.3 Å². The molecule has 4 rings (SSSR count). The van der Waals surface area contributed by atoms with E-state index in [1.807, 2.05) is 37.3 Å². The van der Waals surface area contributed by atoms with Gasteiger partial charge in [-0.1, -0.05) is 21.1 Å². The first-order valence-electron chi connectivity index (χ1n) is 9.82. The highest BCUT2D eigenvalue weighted by Crippen LogP contribution is 2.24. The van der Waals surface area contributed by atoms with Gasteiger partial charge in [0.2, 0.25) is 17.6 Å². The number of hydrogen-bond acceptors (Lipinski definition) is 5. The summed E-state index contributed by atoms with van der Waals surface area (Å²) in [6.45, 7) is 4.22. The quantitative estimate of drug-likeness (QED) is 0.568. The summed E-state index contributed by atoms with van der Waals surface area (Å²) in [5, 5.41) is 6.96. The third-order valence-corrected chi connectivity index (χ3v) is 5.96. The Morgan fingerprint density at radius 1 is 1.17 bits per heavy atom. The fourth-order valence-corrected chi connectivity index (χ4v) is 3.68. The molecule has 29 heavy (non-hydrogen) atoms. The molecule has 1 saturated heterocycles. The molecule has 0 bridgehead atoms. The lowest BCUT2D eigenvalue weighted by Crippen LogP contribution is -2.17. The first-order chi connectivity index (χ1) is 14.1. The highest BCUT2D eigenvalue weighted by Gasteiger charge is 2.14. The number of carbonyl (C=O) groups is 1. The molecule has 0 radical (unpaired) electrons. The van der Waals surface area contributed by atoms with E-state index in [0.717, 1.165) is 34.4 Å². The standard InChI is InChI=1S/C22H23BrN4O2/c1-15-14-17(6-9-19(15)23)24-20(28)10-11-21-25-22(26-29-21)16-4-7-18(8-5-16)27-12-2-3-13-27/h4-9,14H,2-3,10-13H2,1H3,(H,24,28). The number of aromatic nitrogens is 2. The van der Waals surface area contributed by atoms with Crippen LogP contribution in [0.15, 0.2) is 51.5 Å². The molecule has 0 atom stereocenters. The molecule has 1 aliphatic rings. The molecule has 0 saturated carbocycles. The predicted octanol–water partition coefficient (Wildman–Crippen LogP) is 4.98. The van der Waals surface area contributed by atoms with Gasteiger partial charge in [-0.3, -0.25) is 4.79 Å². The second-order valence-electron chi connectivity index (χ2n) is 7.26. The minimum absolute atomic E-state index is 0.0820. The second kappa shape index (κ2) is 8.78. The van der Waals surface area contributed by atoms with Crippen LogP contribution in [0.3, 0.4) is 0 Å². The SMILES string of the molecule is Cc1cc(NC(=O)CCc2nc(-c3ccc(N4CCCC4)cc3)no2)ccc1Br. The maximum absolute atomic E-state index is 12.2. The summed E-state index contributed by atoms with van der Waals surface area (Å²) < 4.78 is 6.34. The lowest BCUT2D eigenvalue weighted by molar-refractivity contribution is -0.116. The van der Waals surface area contributed by atoms with E-state index in [9.17, 15) is 4.79 Å². The number of rotatable bonds is 6. The Kier molecular flexibility index (Phi) is 5.94. The molecule has 7 heteroatoms. The van der Waals surface area contributed by atoms with Crippen LogP contribution in [0.25, 0.3) is 11.4 Å². The van der Waals surface area contributed by atoms with E-state index in [1.165, 1.54) is 18.5 Å². The van der Waals surface area contributed by atoms with Crippen LogP contribution in [0.5, 0.6) is 0 Å². The normalized spacial score (nSPS) is 13.7. The largest absolute Gasteiger partial charge is 0.372 e. The van der Waals surface area contributed by atoms with Gasteiger partial charge in [-0.05, 0) is 67.8 Å². The van der Waals surface area contributed by atoms with Gasteiger partial charge < -0.3 is 14.7 Å². The molecule has 150 valence electrons. The lowest BCUT2D eigenvalue weighted by atomic mass is 10.2. The third-order valence-electron chi connectivity index (χ3n) is 5.07. The van der Waals surface area contributed by atoms with Gasteiger partial charge in [0.1, 0.15) is 0 Å². The van der Waals surface area contributed by atoms with Crippen LogP contribution < -0.4 is 10.2 Å². The molecule has 1 aromatic heterocycles. The molecule has 6 nitrogen and oxygen atoms in total. The van der Waals surface area contributed by atoms with Crippen molar-refractivity contribution in [2.75, 3.05) is 23.3 Å². The summed E-state index contributed by atoms with van der Waals surface area (Å²) in [4.78, 5) is 19.0. The van der Waals surface area contributed by atoms with Crippen LogP contribution >= 0.6 is 15.9 Å². The Bertz CT molecular complexity index is 994. The monoisotopic (exact) mass is 454 g/mol. The number of anilines is 2. The summed E-state index contributed by atoms with van der Waals surface area (Å²) in [6, 6.07) is 14.0. The highest BCUT2D eigenvalue weighted by molar-refractivity contribution is 9.10. The molecule has 2 aromatic carbocycles. The van der Waals surface area contributed by atoms with Crippen molar-refractivity contribution in [3.8, 4) is 11.4 Å². The summed E-state index contributed by atoms with van der Waals surface area (Å²) in [6.07, 6.45) is 3.20.